The molecule has 0 amide bonds. The van der Waals surface area contributed by atoms with Gasteiger partial charge >= 0.3 is 0 Å². The Labute approximate surface area is 142 Å². The van der Waals surface area contributed by atoms with Gasteiger partial charge in [0.15, 0.2) is 11.9 Å². The van der Waals surface area contributed by atoms with E-state index in [-0.39, 0.29) is 6.29 Å². The maximum absolute atomic E-state index is 5.91. The number of para-hydroxylation sites is 2. The number of hydrogen-bond donors (Lipinski definition) is 0. The summed E-state index contributed by atoms with van der Waals surface area (Å²) in [5.41, 5.74) is 1.79. The van der Waals surface area contributed by atoms with Crippen molar-refractivity contribution in [3.63, 3.8) is 0 Å². The van der Waals surface area contributed by atoms with Crippen molar-refractivity contribution in [3.05, 3.63) is 24.3 Å². The minimum absolute atomic E-state index is 0.0184. The molecule has 0 aliphatic carbocycles. The van der Waals surface area contributed by atoms with Crippen LogP contribution in [0.4, 0.5) is 6.01 Å². The highest BCUT2D eigenvalue weighted by molar-refractivity contribution is 5.74. The lowest BCUT2D eigenvalue weighted by Crippen LogP contribution is -2.34. The molecule has 24 heavy (non-hydrogen) atoms. The highest BCUT2D eigenvalue weighted by atomic mass is 16.7. The largest absolute Gasteiger partial charge is 0.423 e. The summed E-state index contributed by atoms with van der Waals surface area (Å²) in [7, 11) is 0. The summed E-state index contributed by atoms with van der Waals surface area (Å²) in [6.07, 6.45) is 3.06. The molecule has 1 aromatic carbocycles. The van der Waals surface area contributed by atoms with E-state index in [1.807, 2.05) is 24.3 Å². The van der Waals surface area contributed by atoms with Crippen LogP contribution >= 0.6 is 0 Å². The van der Waals surface area contributed by atoms with Crippen LogP contribution in [-0.4, -0.2) is 62.1 Å². The summed E-state index contributed by atoms with van der Waals surface area (Å²) < 4.78 is 17.2. The Balaban J connectivity index is 1.32. The summed E-state index contributed by atoms with van der Waals surface area (Å²) in [4.78, 5) is 9.37. The van der Waals surface area contributed by atoms with Gasteiger partial charge in [0.1, 0.15) is 5.52 Å². The molecule has 0 unspecified atom stereocenters. The van der Waals surface area contributed by atoms with Crippen LogP contribution in [0.2, 0.25) is 0 Å². The van der Waals surface area contributed by atoms with Crippen LogP contribution in [0, 0.1) is 0 Å². The summed E-state index contributed by atoms with van der Waals surface area (Å²) in [6, 6.07) is 8.69. The van der Waals surface area contributed by atoms with E-state index in [2.05, 4.69) is 14.8 Å². The second-order valence-corrected chi connectivity index (χ2v) is 6.46. The van der Waals surface area contributed by atoms with Gasteiger partial charge in [0.05, 0.1) is 13.2 Å². The standard InChI is InChI=1S/C18H25N3O3/c1-2-6-16-15(5-1)19-18(24-16)21-9-3-8-20(11-12-21)10-7-17-22-13-4-14-23-17/h1-2,5-6,17H,3-4,7-14H2. The highest BCUT2D eigenvalue weighted by Gasteiger charge is 2.21. The summed E-state index contributed by atoms with van der Waals surface area (Å²) >= 11 is 0. The van der Waals surface area contributed by atoms with Gasteiger partial charge in [-0.05, 0) is 31.5 Å². The van der Waals surface area contributed by atoms with E-state index in [1.165, 1.54) is 0 Å². The minimum atomic E-state index is -0.0184. The topological polar surface area (TPSA) is 51.0 Å². The Morgan fingerprint density at radius 3 is 2.75 bits per heavy atom. The molecule has 0 saturated carbocycles. The molecule has 6 heteroatoms. The first-order valence-electron chi connectivity index (χ1n) is 8.94. The molecule has 4 rings (SSSR count). The van der Waals surface area contributed by atoms with Crippen molar-refractivity contribution >= 4 is 17.1 Å². The first-order valence-corrected chi connectivity index (χ1v) is 8.94. The van der Waals surface area contributed by atoms with Gasteiger partial charge in [-0.15, -0.1) is 0 Å². The SMILES string of the molecule is c1ccc2oc(N3CCCN(CCC4OCCCO4)CC3)nc2c1. The van der Waals surface area contributed by atoms with Gasteiger partial charge in [-0.25, -0.2) is 0 Å². The third kappa shape index (κ3) is 3.71. The summed E-state index contributed by atoms with van der Waals surface area (Å²) in [6.45, 7) is 6.73. The number of oxazole rings is 1. The van der Waals surface area contributed by atoms with E-state index in [0.717, 1.165) is 82.3 Å². The number of benzene rings is 1. The Hall–Kier alpha value is -1.63. The van der Waals surface area contributed by atoms with E-state index in [0.29, 0.717) is 0 Å². The van der Waals surface area contributed by atoms with E-state index < -0.39 is 0 Å². The molecule has 0 atom stereocenters. The molecule has 0 radical (unpaired) electrons. The van der Waals surface area contributed by atoms with Crippen LogP contribution in [0.15, 0.2) is 28.7 Å². The van der Waals surface area contributed by atoms with Crippen molar-refractivity contribution in [1.29, 1.82) is 0 Å². The summed E-state index contributed by atoms with van der Waals surface area (Å²) in [5, 5.41) is 0. The van der Waals surface area contributed by atoms with E-state index in [4.69, 9.17) is 13.9 Å². The Morgan fingerprint density at radius 2 is 1.88 bits per heavy atom. The minimum Gasteiger partial charge on any atom is -0.423 e. The summed E-state index contributed by atoms with van der Waals surface area (Å²) in [5.74, 6) is 0. The molecule has 0 N–H and O–H groups in total. The lowest BCUT2D eigenvalue weighted by molar-refractivity contribution is -0.182. The monoisotopic (exact) mass is 331 g/mol. The first-order chi connectivity index (χ1) is 11.9. The molecule has 3 heterocycles. The number of ether oxygens (including phenoxy) is 2. The fourth-order valence-electron chi connectivity index (χ4n) is 3.37. The third-order valence-electron chi connectivity index (χ3n) is 4.72. The van der Waals surface area contributed by atoms with Crippen LogP contribution in [0.25, 0.3) is 11.1 Å². The molecule has 2 fully saturated rings. The molecular weight excluding hydrogens is 306 g/mol. The Kier molecular flexibility index (Phi) is 4.96. The fraction of sp³-hybridized carbons (Fsp3) is 0.611. The number of anilines is 1. The molecule has 1 aromatic heterocycles. The molecule has 2 aliphatic rings. The number of hydrogen-bond acceptors (Lipinski definition) is 6. The maximum Gasteiger partial charge on any atom is 0.298 e. The van der Waals surface area contributed by atoms with Gasteiger partial charge in [0.2, 0.25) is 0 Å². The second kappa shape index (κ2) is 7.51. The van der Waals surface area contributed by atoms with Crippen LogP contribution in [0.3, 0.4) is 0 Å². The third-order valence-corrected chi connectivity index (χ3v) is 4.72. The van der Waals surface area contributed by atoms with Crippen molar-refractivity contribution < 1.29 is 13.9 Å². The Morgan fingerprint density at radius 1 is 1.00 bits per heavy atom. The molecule has 6 nitrogen and oxygen atoms in total. The van der Waals surface area contributed by atoms with E-state index in [9.17, 15) is 0 Å². The van der Waals surface area contributed by atoms with Crippen molar-refractivity contribution in [2.45, 2.75) is 25.6 Å². The predicted molar refractivity (Wildman–Crippen MR) is 92.2 cm³/mol. The van der Waals surface area contributed by atoms with Gasteiger partial charge in [-0.2, -0.15) is 4.98 Å². The van der Waals surface area contributed by atoms with E-state index >= 15 is 0 Å². The zero-order chi connectivity index (χ0) is 16.2. The van der Waals surface area contributed by atoms with Crippen LogP contribution < -0.4 is 4.90 Å². The number of fused-ring (bicyclic) bond motifs is 1. The first kappa shape index (κ1) is 15.9. The lowest BCUT2D eigenvalue weighted by Gasteiger charge is -2.26. The quantitative estimate of drug-likeness (QED) is 0.858. The van der Waals surface area contributed by atoms with Gasteiger partial charge in [0, 0.05) is 32.6 Å². The molecule has 2 aliphatic heterocycles. The molecule has 130 valence electrons. The Bertz CT molecular complexity index is 621. The molecule has 0 spiro atoms. The average molecular weight is 331 g/mol. The zero-order valence-electron chi connectivity index (χ0n) is 14.0. The van der Waals surface area contributed by atoms with Crippen molar-refractivity contribution in [1.82, 2.24) is 9.88 Å². The van der Waals surface area contributed by atoms with Gasteiger partial charge in [0.25, 0.3) is 6.01 Å². The van der Waals surface area contributed by atoms with Crippen molar-refractivity contribution in [2.24, 2.45) is 0 Å². The van der Waals surface area contributed by atoms with Crippen LogP contribution in [-0.2, 0) is 9.47 Å². The van der Waals surface area contributed by atoms with Crippen LogP contribution in [0.5, 0.6) is 0 Å². The molecule has 2 aromatic rings. The molecule has 0 bridgehead atoms. The lowest BCUT2D eigenvalue weighted by atomic mass is 10.3. The number of nitrogens with zero attached hydrogens (tertiary/aromatic N) is 3. The van der Waals surface area contributed by atoms with Gasteiger partial charge in [-0.1, -0.05) is 12.1 Å². The van der Waals surface area contributed by atoms with Crippen LogP contribution in [0.1, 0.15) is 19.3 Å². The normalized spacial score (nSPS) is 21.2. The predicted octanol–water partition coefficient (Wildman–Crippen LogP) is 2.49. The van der Waals surface area contributed by atoms with Crippen molar-refractivity contribution in [2.75, 3.05) is 50.8 Å². The molecular formula is C18H25N3O3. The highest BCUT2D eigenvalue weighted by Crippen LogP contribution is 2.22. The van der Waals surface area contributed by atoms with E-state index in [1.54, 1.807) is 0 Å². The molecule has 2 saturated heterocycles. The number of aromatic nitrogens is 1. The maximum atomic E-state index is 5.91. The van der Waals surface area contributed by atoms with Gasteiger partial charge in [-0.3, -0.25) is 0 Å². The second-order valence-electron chi connectivity index (χ2n) is 6.46. The average Bonchev–Trinajstić information content (AvgIpc) is 2.92. The van der Waals surface area contributed by atoms with Gasteiger partial charge < -0.3 is 23.7 Å². The van der Waals surface area contributed by atoms with Crippen molar-refractivity contribution in [3.8, 4) is 0 Å². The number of rotatable bonds is 4. The zero-order valence-corrected chi connectivity index (χ0v) is 14.0. The fourth-order valence-corrected chi connectivity index (χ4v) is 3.37. The smallest absolute Gasteiger partial charge is 0.298 e.